The molecule has 2 aliphatic rings. The maximum absolute atomic E-state index is 15.0. The van der Waals surface area contributed by atoms with Crippen molar-refractivity contribution in [3.05, 3.63) is 55.8 Å². The van der Waals surface area contributed by atoms with Gasteiger partial charge in [-0.15, -0.1) is 11.3 Å². The molecule has 2 amide bonds. The zero-order valence-electron chi connectivity index (χ0n) is 20.1. The number of benzene rings is 1. The van der Waals surface area contributed by atoms with Crippen molar-refractivity contribution in [1.29, 1.82) is 0 Å². The fourth-order valence-electron chi connectivity index (χ4n) is 4.10. The molecule has 1 fully saturated rings. The topological polar surface area (TPSA) is 96.0 Å². The number of halogens is 2. The Morgan fingerprint density at radius 3 is 2.67 bits per heavy atom. The zero-order valence-corrected chi connectivity index (χ0v) is 22.5. The molecule has 1 aromatic carbocycles. The van der Waals surface area contributed by atoms with Crippen LogP contribution < -0.4 is 9.62 Å². The summed E-state index contributed by atoms with van der Waals surface area (Å²) < 4.78 is 48.3. The number of amides is 2. The monoisotopic (exact) mass is 555 g/mol. The summed E-state index contributed by atoms with van der Waals surface area (Å²) in [5.74, 6) is -1.10. The van der Waals surface area contributed by atoms with Crippen molar-refractivity contribution in [2.24, 2.45) is 0 Å². The van der Waals surface area contributed by atoms with Crippen molar-refractivity contribution in [2.75, 3.05) is 18.0 Å². The molecule has 0 aliphatic carbocycles. The molecule has 1 atom stereocenters. The summed E-state index contributed by atoms with van der Waals surface area (Å²) in [4.78, 5) is 29.0. The SMILES string of the molecule is CC(C)(C)OC(=O)N1CCc2cc(F)c(N3CC[C@H](NS(=O)(=O)C=Cc4ccc(Cl)s4)C3=O)cc2C1. The molecule has 0 saturated carbocycles. The fourth-order valence-corrected chi connectivity index (χ4v) is 6.17. The van der Waals surface area contributed by atoms with E-state index >= 15 is 0 Å². The number of thiophene rings is 1. The number of carbonyl (C=O) groups is 2. The lowest BCUT2D eigenvalue weighted by Crippen LogP contribution is -2.41. The first-order valence-electron chi connectivity index (χ1n) is 11.4. The third-order valence-electron chi connectivity index (χ3n) is 5.74. The van der Waals surface area contributed by atoms with E-state index in [0.717, 1.165) is 16.5 Å². The van der Waals surface area contributed by atoms with Crippen molar-refractivity contribution in [1.82, 2.24) is 9.62 Å². The van der Waals surface area contributed by atoms with Crippen LogP contribution in [-0.4, -0.2) is 50.1 Å². The van der Waals surface area contributed by atoms with Gasteiger partial charge in [0.05, 0.1) is 10.0 Å². The number of nitrogens with one attached hydrogen (secondary N) is 1. The number of hydrogen-bond donors (Lipinski definition) is 1. The first kappa shape index (κ1) is 26.6. The standard InChI is InChI=1S/C24H27ClFN3O5S2/c1-24(2,3)34-23(31)28-9-6-15-12-18(26)20(13-16(15)14-28)29-10-7-19(22(29)30)27-36(32,33)11-8-17-4-5-21(25)35-17/h4-5,8,11-13,19,27H,6-7,9-10,14H2,1-3H3/t19-/m0/s1. The van der Waals surface area contributed by atoms with E-state index in [2.05, 4.69) is 4.72 Å². The Labute approximate surface area is 218 Å². The van der Waals surface area contributed by atoms with Crippen LogP contribution in [0.5, 0.6) is 0 Å². The van der Waals surface area contributed by atoms with E-state index in [1.54, 1.807) is 43.9 Å². The molecule has 1 saturated heterocycles. The first-order chi connectivity index (χ1) is 16.8. The number of nitrogens with zero attached hydrogens (tertiary/aromatic N) is 2. The molecule has 1 aromatic heterocycles. The molecular formula is C24H27ClFN3O5S2. The van der Waals surface area contributed by atoms with Crippen LogP contribution in [0.15, 0.2) is 29.7 Å². The van der Waals surface area contributed by atoms with Crippen LogP contribution in [0.3, 0.4) is 0 Å². The van der Waals surface area contributed by atoms with Crippen molar-refractivity contribution in [3.8, 4) is 0 Å². The lowest BCUT2D eigenvalue weighted by Gasteiger charge is -2.32. The van der Waals surface area contributed by atoms with Gasteiger partial charge in [0.15, 0.2) is 0 Å². The molecule has 0 bridgehead atoms. The van der Waals surface area contributed by atoms with Crippen molar-refractivity contribution in [3.63, 3.8) is 0 Å². The number of rotatable bonds is 5. The van der Waals surface area contributed by atoms with Gasteiger partial charge in [-0.1, -0.05) is 11.6 Å². The summed E-state index contributed by atoms with van der Waals surface area (Å²) in [6.07, 6.45) is 1.60. The quantitative estimate of drug-likeness (QED) is 0.585. The maximum atomic E-state index is 15.0. The maximum Gasteiger partial charge on any atom is 0.410 e. The third-order valence-corrected chi connectivity index (χ3v) is 8.05. The van der Waals surface area contributed by atoms with Crippen LogP contribution in [-0.2, 0) is 32.5 Å². The van der Waals surface area contributed by atoms with E-state index in [-0.39, 0.29) is 25.2 Å². The highest BCUT2D eigenvalue weighted by Crippen LogP contribution is 2.31. The summed E-state index contributed by atoms with van der Waals surface area (Å²) in [6, 6.07) is 5.28. The van der Waals surface area contributed by atoms with Crippen LogP contribution in [0, 0.1) is 5.82 Å². The van der Waals surface area contributed by atoms with Gasteiger partial charge in [0.2, 0.25) is 15.9 Å². The summed E-state index contributed by atoms with van der Waals surface area (Å²) >= 11 is 7.08. The summed E-state index contributed by atoms with van der Waals surface area (Å²) in [6.45, 7) is 6.14. The van der Waals surface area contributed by atoms with Gasteiger partial charge < -0.3 is 14.5 Å². The molecule has 0 spiro atoms. The fraction of sp³-hybridized carbons (Fsp3) is 0.417. The second kappa shape index (κ2) is 10.1. The predicted molar refractivity (Wildman–Crippen MR) is 138 cm³/mol. The van der Waals surface area contributed by atoms with Gasteiger partial charge in [-0.3, -0.25) is 4.79 Å². The number of carbonyl (C=O) groups excluding carboxylic acids is 2. The van der Waals surface area contributed by atoms with Gasteiger partial charge in [-0.05, 0) is 75.1 Å². The predicted octanol–water partition coefficient (Wildman–Crippen LogP) is 4.53. The minimum absolute atomic E-state index is 0.0651. The molecule has 3 heterocycles. The lowest BCUT2D eigenvalue weighted by atomic mass is 9.98. The van der Waals surface area contributed by atoms with Crippen LogP contribution in [0.4, 0.5) is 14.9 Å². The zero-order chi connectivity index (χ0) is 26.3. The van der Waals surface area contributed by atoms with Crippen molar-refractivity contribution >= 4 is 56.7 Å². The molecule has 8 nitrogen and oxygen atoms in total. The molecule has 12 heteroatoms. The summed E-state index contributed by atoms with van der Waals surface area (Å²) in [5.41, 5.74) is 0.911. The average molecular weight is 556 g/mol. The van der Waals surface area contributed by atoms with Gasteiger partial charge in [-0.25, -0.2) is 17.6 Å². The number of sulfonamides is 1. The highest BCUT2D eigenvalue weighted by molar-refractivity contribution is 7.92. The normalized spacial score (nSPS) is 18.7. The van der Waals surface area contributed by atoms with Crippen LogP contribution >= 0.6 is 22.9 Å². The number of ether oxygens (including phenoxy) is 1. The molecule has 2 aliphatic heterocycles. The Kier molecular flexibility index (Phi) is 7.47. The van der Waals surface area contributed by atoms with E-state index in [0.29, 0.717) is 22.2 Å². The molecular weight excluding hydrogens is 529 g/mol. The molecule has 0 unspecified atom stereocenters. The second-order valence-corrected chi connectivity index (χ2v) is 13.0. The highest BCUT2D eigenvalue weighted by Gasteiger charge is 2.37. The van der Waals surface area contributed by atoms with E-state index in [1.165, 1.54) is 28.4 Å². The molecule has 2 aromatic rings. The van der Waals surface area contributed by atoms with E-state index in [9.17, 15) is 22.4 Å². The Morgan fingerprint density at radius 2 is 2.00 bits per heavy atom. The Hall–Kier alpha value is -2.47. The van der Waals surface area contributed by atoms with Crippen LogP contribution in [0.25, 0.3) is 6.08 Å². The molecule has 1 N–H and O–H groups in total. The number of fused-ring (bicyclic) bond motifs is 1. The molecule has 194 valence electrons. The van der Waals surface area contributed by atoms with Crippen LogP contribution in [0.1, 0.15) is 43.2 Å². The number of hydrogen-bond acceptors (Lipinski definition) is 6. The van der Waals surface area contributed by atoms with Gasteiger partial charge in [0, 0.05) is 29.9 Å². The van der Waals surface area contributed by atoms with Gasteiger partial charge >= 0.3 is 6.09 Å². The van der Waals surface area contributed by atoms with E-state index < -0.39 is 39.5 Å². The highest BCUT2D eigenvalue weighted by atomic mass is 35.5. The minimum atomic E-state index is -3.92. The average Bonchev–Trinajstić information content (AvgIpc) is 3.35. The smallest absolute Gasteiger partial charge is 0.410 e. The molecule has 36 heavy (non-hydrogen) atoms. The summed E-state index contributed by atoms with van der Waals surface area (Å²) in [7, 11) is -3.92. The third kappa shape index (κ3) is 6.26. The molecule has 4 rings (SSSR count). The summed E-state index contributed by atoms with van der Waals surface area (Å²) in [5, 5.41) is 0.982. The van der Waals surface area contributed by atoms with Gasteiger partial charge in [0.25, 0.3) is 0 Å². The van der Waals surface area contributed by atoms with E-state index in [1.807, 2.05) is 0 Å². The Bertz CT molecular complexity index is 1320. The largest absolute Gasteiger partial charge is 0.444 e. The van der Waals surface area contributed by atoms with Crippen molar-refractivity contribution in [2.45, 2.75) is 51.8 Å². The van der Waals surface area contributed by atoms with Gasteiger partial charge in [0.1, 0.15) is 17.5 Å². The second-order valence-electron chi connectivity index (χ2n) is 9.66. The van der Waals surface area contributed by atoms with Crippen molar-refractivity contribution < 1.29 is 27.1 Å². The Balaban J connectivity index is 1.47. The first-order valence-corrected chi connectivity index (χ1v) is 14.1. The molecule has 0 radical (unpaired) electrons. The van der Waals surface area contributed by atoms with Gasteiger partial charge in [-0.2, -0.15) is 4.72 Å². The van der Waals surface area contributed by atoms with E-state index in [4.69, 9.17) is 16.3 Å². The minimum Gasteiger partial charge on any atom is -0.444 e. The lowest BCUT2D eigenvalue weighted by molar-refractivity contribution is -0.118. The Morgan fingerprint density at radius 1 is 1.25 bits per heavy atom. The number of anilines is 1. The van der Waals surface area contributed by atoms with Crippen LogP contribution in [0.2, 0.25) is 4.34 Å².